The predicted molar refractivity (Wildman–Crippen MR) is 110 cm³/mol. The summed E-state index contributed by atoms with van der Waals surface area (Å²) in [6.07, 6.45) is 9.11. The van der Waals surface area contributed by atoms with Crippen molar-refractivity contribution in [3.8, 4) is 0 Å². The topological polar surface area (TPSA) is 97.2 Å². The molecule has 0 bridgehead atoms. The Kier molecular flexibility index (Phi) is 5.30. The number of amides is 1. The molecule has 9 heteroatoms. The largest absolute Gasteiger partial charge is 0.357 e. The minimum atomic E-state index is -3.80. The average molecular weight is 411 g/mol. The molecule has 1 aliphatic rings. The predicted octanol–water partition coefficient (Wildman–Crippen LogP) is 2.76. The molecular formula is C20H21N5O3S. The van der Waals surface area contributed by atoms with Gasteiger partial charge in [0.15, 0.2) is 0 Å². The zero-order valence-corrected chi connectivity index (χ0v) is 16.5. The fourth-order valence-electron chi connectivity index (χ4n) is 3.25. The molecule has 3 aromatic rings. The summed E-state index contributed by atoms with van der Waals surface area (Å²) in [5.41, 5.74) is 0.614. The number of carbonyl (C=O) groups excluding carboxylic acids is 1. The fourth-order valence-corrected chi connectivity index (χ4v) is 4.39. The molecule has 1 saturated heterocycles. The van der Waals surface area contributed by atoms with E-state index in [-0.39, 0.29) is 10.6 Å². The van der Waals surface area contributed by atoms with Gasteiger partial charge in [-0.15, -0.1) is 0 Å². The molecule has 1 fully saturated rings. The molecule has 0 spiro atoms. The highest BCUT2D eigenvalue weighted by Gasteiger charge is 2.19. The van der Waals surface area contributed by atoms with Crippen molar-refractivity contribution in [1.82, 2.24) is 13.9 Å². The summed E-state index contributed by atoms with van der Waals surface area (Å²) in [6, 6.07) is 9.83. The van der Waals surface area contributed by atoms with Crippen molar-refractivity contribution in [2.75, 3.05) is 23.3 Å². The van der Waals surface area contributed by atoms with E-state index in [0.717, 1.165) is 35.7 Å². The molecule has 0 unspecified atom stereocenters. The monoisotopic (exact) mass is 411 g/mol. The standard InChI is InChI=1S/C20H21N5O3S/c26-20(18-6-2-3-10-21-18)23-16-9-13-25(15-16)29(27,28)17-7-8-19(22-14-17)24-11-4-1-5-12-24/h2-3,6-10,13-15H,1,4-5,11-12H2,(H,23,26). The van der Waals surface area contributed by atoms with E-state index in [2.05, 4.69) is 20.2 Å². The van der Waals surface area contributed by atoms with Gasteiger partial charge in [0.25, 0.3) is 15.9 Å². The van der Waals surface area contributed by atoms with Gasteiger partial charge in [0.1, 0.15) is 16.4 Å². The maximum atomic E-state index is 12.9. The van der Waals surface area contributed by atoms with Gasteiger partial charge in [-0.25, -0.2) is 17.4 Å². The Morgan fingerprint density at radius 3 is 2.52 bits per heavy atom. The number of nitrogens with one attached hydrogen (secondary N) is 1. The van der Waals surface area contributed by atoms with Crippen LogP contribution in [0, 0.1) is 0 Å². The Morgan fingerprint density at radius 1 is 1.00 bits per heavy atom. The summed E-state index contributed by atoms with van der Waals surface area (Å²) >= 11 is 0. The Labute approximate surface area is 169 Å². The number of anilines is 2. The maximum Gasteiger partial charge on any atom is 0.274 e. The smallest absolute Gasteiger partial charge is 0.274 e. The second-order valence-corrected chi connectivity index (χ2v) is 8.65. The van der Waals surface area contributed by atoms with Crippen molar-refractivity contribution >= 4 is 27.4 Å². The highest BCUT2D eigenvalue weighted by molar-refractivity contribution is 7.90. The van der Waals surface area contributed by atoms with Crippen molar-refractivity contribution < 1.29 is 13.2 Å². The third-order valence-corrected chi connectivity index (χ3v) is 6.42. The Balaban J connectivity index is 1.50. The number of aromatic nitrogens is 3. The third kappa shape index (κ3) is 4.14. The lowest BCUT2D eigenvalue weighted by molar-refractivity contribution is 0.102. The van der Waals surface area contributed by atoms with Gasteiger partial charge in [-0.2, -0.15) is 0 Å². The van der Waals surface area contributed by atoms with E-state index < -0.39 is 15.9 Å². The first-order valence-electron chi connectivity index (χ1n) is 9.41. The number of pyridine rings is 2. The lowest BCUT2D eigenvalue weighted by Gasteiger charge is -2.27. The normalized spacial score (nSPS) is 14.6. The van der Waals surface area contributed by atoms with Crippen LogP contribution in [0.3, 0.4) is 0 Å². The van der Waals surface area contributed by atoms with Gasteiger partial charge in [-0.3, -0.25) is 9.78 Å². The average Bonchev–Trinajstić information content (AvgIpc) is 3.24. The van der Waals surface area contributed by atoms with E-state index in [1.807, 2.05) is 0 Å². The molecule has 3 aromatic heterocycles. The van der Waals surface area contributed by atoms with Crippen molar-refractivity contribution in [3.05, 3.63) is 66.9 Å². The summed E-state index contributed by atoms with van der Waals surface area (Å²) in [7, 11) is -3.80. The second kappa shape index (κ2) is 8.04. The zero-order valence-electron chi connectivity index (χ0n) is 15.7. The minimum Gasteiger partial charge on any atom is -0.357 e. The SMILES string of the molecule is O=C(Nc1ccn(S(=O)(=O)c2ccc(N3CCCCC3)nc2)c1)c1ccccn1. The molecule has 4 rings (SSSR count). The summed E-state index contributed by atoms with van der Waals surface area (Å²) in [5.74, 6) is 0.382. The first-order chi connectivity index (χ1) is 14.0. The lowest BCUT2D eigenvalue weighted by atomic mass is 10.1. The summed E-state index contributed by atoms with van der Waals surface area (Å²) in [4.78, 5) is 22.8. The first-order valence-corrected chi connectivity index (χ1v) is 10.8. The van der Waals surface area contributed by atoms with Crippen molar-refractivity contribution in [2.45, 2.75) is 24.2 Å². The fraction of sp³-hybridized carbons (Fsp3) is 0.250. The van der Waals surface area contributed by atoms with E-state index in [1.54, 1.807) is 30.3 Å². The van der Waals surface area contributed by atoms with Crippen LogP contribution in [0.5, 0.6) is 0 Å². The summed E-state index contributed by atoms with van der Waals surface area (Å²) < 4.78 is 26.8. The Bertz CT molecular complexity index is 1090. The van der Waals surface area contributed by atoms with Gasteiger partial charge in [0.2, 0.25) is 0 Å². The molecule has 0 aromatic carbocycles. The molecule has 150 valence electrons. The van der Waals surface area contributed by atoms with Crippen LogP contribution >= 0.6 is 0 Å². The highest BCUT2D eigenvalue weighted by Crippen LogP contribution is 2.21. The molecule has 4 heterocycles. The van der Waals surface area contributed by atoms with Gasteiger partial charge in [0, 0.05) is 37.9 Å². The Hall–Kier alpha value is -3.20. The van der Waals surface area contributed by atoms with Crippen LogP contribution in [0.25, 0.3) is 0 Å². The van der Waals surface area contributed by atoms with Gasteiger partial charge >= 0.3 is 0 Å². The van der Waals surface area contributed by atoms with Gasteiger partial charge in [0.05, 0.1) is 5.69 Å². The quantitative estimate of drug-likeness (QED) is 0.693. The molecule has 0 radical (unpaired) electrons. The van der Waals surface area contributed by atoms with Crippen molar-refractivity contribution in [3.63, 3.8) is 0 Å². The highest BCUT2D eigenvalue weighted by atomic mass is 32.2. The second-order valence-electron chi connectivity index (χ2n) is 6.80. The number of nitrogens with zero attached hydrogens (tertiary/aromatic N) is 4. The summed E-state index contributed by atoms with van der Waals surface area (Å²) in [5, 5.41) is 2.65. The molecule has 0 saturated carbocycles. The van der Waals surface area contributed by atoms with E-state index in [0.29, 0.717) is 5.69 Å². The van der Waals surface area contributed by atoms with Crippen LogP contribution in [0.15, 0.2) is 66.1 Å². The molecule has 29 heavy (non-hydrogen) atoms. The van der Waals surface area contributed by atoms with Crippen LogP contribution in [0.1, 0.15) is 29.8 Å². The molecular weight excluding hydrogens is 390 g/mol. The Morgan fingerprint density at radius 2 is 1.83 bits per heavy atom. The maximum absolute atomic E-state index is 12.9. The lowest BCUT2D eigenvalue weighted by Crippen LogP contribution is -2.30. The van der Waals surface area contributed by atoms with Crippen molar-refractivity contribution in [1.29, 1.82) is 0 Å². The van der Waals surface area contributed by atoms with E-state index in [1.165, 1.54) is 37.3 Å². The van der Waals surface area contributed by atoms with Crippen LogP contribution < -0.4 is 10.2 Å². The first kappa shape index (κ1) is 19.1. The summed E-state index contributed by atoms with van der Waals surface area (Å²) in [6.45, 7) is 1.88. The molecule has 1 N–H and O–H groups in total. The van der Waals surface area contributed by atoms with Gasteiger partial charge in [-0.1, -0.05) is 6.07 Å². The molecule has 1 amide bonds. The number of piperidine rings is 1. The molecule has 8 nitrogen and oxygen atoms in total. The van der Waals surface area contributed by atoms with Crippen LogP contribution in [-0.2, 0) is 10.0 Å². The third-order valence-electron chi connectivity index (χ3n) is 4.80. The van der Waals surface area contributed by atoms with Crippen molar-refractivity contribution in [2.24, 2.45) is 0 Å². The van der Waals surface area contributed by atoms with Gasteiger partial charge in [-0.05, 0) is 49.6 Å². The van der Waals surface area contributed by atoms with Crippen LogP contribution in [0.2, 0.25) is 0 Å². The molecule has 0 atom stereocenters. The van der Waals surface area contributed by atoms with Crippen LogP contribution in [-0.4, -0.2) is 41.4 Å². The number of rotatable bonds is 5. The molecule has 1 aliphatic heterocycles. The number of hydrogen-bond donors (Lipinski definition) is 1. The van der Waals surface area contributed by atoms with E-state index >= 15 is 0 Å². The molecule has 0 aliphatic carbocycles. The minimum absolute atomic E-state index is 0.0939. The van der Waals surface area contributed by atoms with Gasteiger partial charge < -0.3 is 10.2 Å². The van der Waals surface area contributed by atoms with E-state index in [4.69, 9.17) is 0 Å². The van der Waals surface area contributed by atoms with Crippen LogP contribution in [0.4, 0.5) is 11.5 Å². The number of hydrogen-bond acceptors (Lipinski definition) is 6. The zero-order chi connectivity index (χ0) is 20.3. The van der Waals surface area contributed by atoms with E-state index in [9.17, 15) is 13.2 Å². The number of carbonyl (C=O) groups is 1.